The summed E-state index contributed by atoms with van der Waals surface area (Å²) in [5, 5.41) is 13.0. The van der Waals surface area contributed by atoms with Gasteiger partial charge >= 0.3 is 5.97 Å². The molecule has 1 spiro atoms. The van der Waals surface area contributed by atoms with E-state index in [9.17, 15) is 24.3 Å². The Labute approximate surface area is 290 Å². The Morgan fingerprint density at radius 1 is 1.19 bits per heavy atom. The lowest BCUT2D eigenvalue weighted by Crippen LogP contribution is -2.57. The minimum atomic E-state index is -1.34. The number of allylic oxidation sites excluding steroid dienone is 1. The second kappa shape index (κ2) is 14.8. The van der Waals surface area contributed by atoms with Gasteiger partial charge in [-0.2, -0.15) is 0 Å². The molecule has 3 aliphatic heterocycles. The SMILES string of the molecule is C=CCCC(=O)N[C@H](C)[C@@H](OC(=O)[C@@H]1[C@H]2O[C@@]3(CC2Br)[C@H](C(=O)N(CC=C)c2cc(C)ccc2C)N(CCO)C(=O)[C@@H]13)c1ccccc1. The largest absolute Gasteiger partial charge is 0.455 e. The summed E-state index contributed by atoms with van der Waals surface area (Å²) in [7, 11) is 0. The number of alkyl halides is 1. The van der Waals surface area contributed by atoms with Crippen LogP contribution in [0.25, 0.3) is 0 Å². The van der Waals surface area contributed by atoms with Crippen LogP contribution in [0.2, 0.25) is 0 Å². The highest BCUT2D eigenvalue weighted by Crippen LogP contribution is 2.60. The lowest BCUT2D eigenvalue weighted by Gasteiger charge is -2.37. The van der Waals surface area contributed by atoms with Crippen LogP contribution >= 0.6 is 15.9 Å². The summed E-state index contributed by atoms with van der Waals surface area (Å²) in [6.07, 6.45) is 2.76. The van der Waals surface area contributed by atoms with Gasteiger partial charge in [-0.1, -0.05) is 70.5 Å². The number of anilines is 1. The smallest absolute Gasteiger partial charge is 0.313 e. The summed E-state index contributed by atoms with van der Waals surface area (Å²) in [6, 6.07) is 13.2. The first-order valence-electron chi connectivity index (χ1n) is 16.4. The lowest BCUT2D eigenvalue weighted by molar-refractivity contribution is -0.162. The quantitative estimate of drug-likeness (QED) is 0.169. The average Bonchev–Trinajstić information content (AvgIpc) is 3.66. The predicted molar refractivity (Wildman–Crippen MR) is 185 cm³/mol. The van der Waals surface area contributed by atoms with Gasteiger partial charge in [0.15, 0.2) is 0 Å². The zero-order chi connectivity index (χ0) is 34.7. The van der Waals surface area contributed by atoms with Crippen LogP contribution in [0.5, 0.6) is 0 Å². The zero-order valence-corrected chi connectivity index (χ0v) is 29.2. The monoisotopic (exact) mass is 721 g/mol. The molecule has 3 fully saturated rings. The Morgan fingerprint density at radius 3 is 2.58 bits per heavy atom. The van der Waals surface area contributed by atoms with Crippen LogP contribution in [-0.4, -0.2) is 82.0 Å². The zero-order valence-electron chi connectivity index (χ0n) is 27.6. The molecule has 48 heavy (non-hydrogen) atoms. The number of benzene rings is 2. The summed E-state index contributed by atoms with van der Waals surface area (Å²) in [5.74, 6) is -3.71. The number of likely N-dealkylation sites (tertiary alicyclic amines) is 1. The van der Waals surface area contributed by atoms with E-state index >= 15 is 0 Å². The van der Waals surface area contributed by atoms with Crippen molar-refractivity contribution < 1.29 is 33.8 Å². The highest BCUT2D eigenvalue weighted by molar-refractivity contribution is 9.09. The fourth-order valence-electron chi connectivity index (χ4n) is 7.56. The Bertz CT molecular complexity index is 1570. The van der Waals surface area contributed by atoms with Crippen molar-refractivity contribution in [3.63, 3.8) is 0 Å². The number of fused-ring (bicyclic) bond motifs is 1. The molecule has 0 saturated carbocycles. The molecular formula is C37H44BrN3O7. The van der Waals surface area contributed by atoms with Gasteiger partial charge in [0, 0.05) is 30.0 Å². The normalized spacial score (nSPS) is 26.8. The summed E-state index contributed by atoms with van der Waals surface area (Å²) >= 11 is 3.70. The molecule has 10 nitrogen and oxygen atoms in total. The minimum Gasteiger partial charge on any atom is -0.455 e. The molecule has 2 aromatic carbocycles. The maximum Gasteiger partial charge on any atom is 0.313 e. The second-order valence-corrected chi connectivity index (χ2v) is 14.1. The number of β-amino-alcohol motifs (C(OH)–C–C–N with tert-alkyl or cyclic N) is 1. The van der Waals surface area contributed by atoms with E-state index in [4.69, 9.17) is 9.47 Å². The third-order valence-corrected chi connectivity index (χ3v) is 10.5. The topological polar surface area (TPSA) is 125 Å². The summed E-state index contributed by atoms with van der Waals surface area (Å²) in [6.45, 7) is 12.9. The van der Waals surface area contributed by atoms with Gasteiger partial charge in [0.1, 0.15) is 17.7 Å². The third kappa shape index (κ3) is 6.47. The van der Waals surface area contributed by atoms with Gasteiger partial charge in [-0.3, -0.25) is 19.2 Å². The Balaban J connectivity index is 1.50. The first-order chi connectivity index (χ1) is 23.0. The lowest BCUT2D eigenvalue weighted by atomic mass is 9.70. The van der Waals surface area contributed by atoms with E-state index in [0.29, 0.717) is 24.1 Å². The molecule has 2 aromatic rings. The van der Waals surface area contributed by atoms with Crippen LogP contribution in [0.3, 0.4) is 0 Å². The number of rotatable bonds is 14. The van der Waals surface area contributed by atoms with Gasteiger partial charge in [-0.15, -0.1) is 13.2 Å². The minimum absolute atomic E-state index is 0.106. The van der Waals surface area contributed by atoms with E-state index in [1.165, 1.54) is 4.90 Å². The standard InChI is InChI=1S/C37H44BrN3O7/c1-6-8-14-28(43)39-24(5)31(25-12-10-9-11-13-25)47-36(46)29-30-34(44)41(18-19-42)33(37(30)21-26(38)32(29)48-37)35(45)40(17-7-2)27-20-22(3)15-16-23(27)4/h6-7,9-13,15-16,20,24,26,29-33,42H,1-2,8,14,17-19,21H2,3-5H3,(H,39,43)/t24-,26?,29+,30-,31-,32+,33+,37-/m1/s1. The molecule has 8 atom stereocenters. The van der Waals surface area contributed by atoms with E-state index in [-0.39, 0.29) is 42.8 Å². The molecule has 256 valence electrons. The van der Waals surface area contributed by atoms with E-state index in [0.717, 1.165) is 11.1 Å². The van der Waals surface area contributed by atoms with Crippen LogP contribution in [0.15, 0.2) is 73.8 Å². The number of halogens is 1. The molecule has 3 heterocycles. The molecule has 0 aliphatic carbocycles. The average molecular weight is 723 g/mol. The number of amides is 3. The van der Waals surface area contributed by atoms with Crippen molar-refractivity contribution >= 4 is 45.3 Å². The van der Waals surface area contributed by atoms with Crippen molar-refractivity contribution in [2.24, 2.45) is 11.8 Å². The molecule has 11 heteroatoms. The Morgan fingerprint density at radius 2 is 1.92 bits per heavy atom. The van der Waals surface area contributed by atoms with Crippen LogP contribution < -0.4 is 10.2 Å². The fraction of sp³-hybridized carbons (Fsp3) is 0.459. The van der Waals surface area contributed by atoms with Crippen molar-refractivity contribution in [3.05, 3.63) is 90.5 Å². The van der Waals surface area contributed by atoms with Gasteiger partial charge in [-0.25, -0.2) is 0 Å². The summed E-state index contributed by atoms with van der Waals surface area (Å²) in [5.41, 5.74) is 1.86. The van der Waals surface area contributed by atoms with E-state index < -0.39 is 53.6 Å². The van der Waals surface area contributed by atoms with E-state index in [1.54, 1.807) is 24.0 Å². The molecule has 1 unspecified atom stereocenters. The molecule has 3 amide bonds. The highest BCUT2D eigenvalue weighted by atomic mass is 79.9. The molecule has 0 aromatic heterocycles. The Kier molecular flexibility index (Phi) is 10.9. The number of carbonyl (C=O) groups is 4. The molecular weight excluding hydrogens is 678 g/mol. The number of nitrogens with one attached hydrogen (secondary N) is 1. The second-order valence-electron chi connectivity index (χ2n) is 12.9. The summed E-state index contributed by atoms with van der Waals surface area (Å²) in [4.78, 5) is 58.6. The van der Waals surface area contributed by atoms with Gasteiger partial charge < -0.3 is 29.7 Å². The van der Waals surface area contributed by atoms with Crippen molar-refractivity contribution in [2.45, 2.75) is 74.8 Å². The van der Waals surface area contributed by atoms with Crippen LogP contribution in [0.4, 0.5) is 5.69 Å². The first-order valence-corrected chi connectivity index (χ1v) is 17.3. The van der Waals surface area contributed by atoms with Crippen molar-refractivity contribution in [1.29, 1.82) is 0 Å². The molecule has 5 rings (SSSR count). The number of hydrogen-bond donors (Lipinski definition) is 2. The van der Waals surface area contributed by atoms with Crippen LogP contribution in [0.1, 0.15) is 49.0 Å². The van der Waals surface area contributed by atoms with Crippen molar-refractivity contribution in [2.75, 3.05) is 24.6 Å². The van der Waals surface area contributed by atoms with Crippen molar-refractivity contribution in [1.82, 2.24) is 10.2 Å². The van der Waals surface area contributed by atoms with Gasteiger partial charge in [0.2, 0.25) is 11.8 Å². The number of carbonyl (C=O) groups excluding carboxylic acids is 4. The third-order valence-electron chi connectivity index (χ3n) is 9.66. The molecule has 2 bridgehead atoms. The van der Waals surface area contributed by atoms with Gasteiger partial charge in [0.05, 0.1) is 30.6 Å². The van der Waals surface area contributed by atoms with Gasteiger partial charge in [0.25, 0.3) is 5.91 Å². The number of esters is 1. The maximum absolute atomic E-state index is 14.7. The Hall–Kier alpha value is -3.80. The van der Waals surface area contributed by atoms with Crippen LogP contribution in [-0.2, 0) is 28.7 Å². The molecule has 0 radical (unpaired) electrons. The first kappa shape index (κ1) is 35.5. The number of hydrogen-bond acceptors (Lipinski definition) is 7. The molecule has 2 N–H and O–H groups in total. The number of ether oxygens (including phenoxy) is 2. The molecule has 3 saturated heterocycles. The number of aliphatic hydroxyl groups is 1. The van der Waals surface area contributed by atoms with Crippen LogP contribution in [0, 0.1) is 25.7 Å². The number of aryl methyl sites for hydroxylation is 2. The highest BCUT2D eigenvalue weighted by Gasteiger charge is 2.77. The fourth-order valence-corrected chi connectivity index (χ4v) is 8.50. The maximum atomic E-state index is 14.7. The van der Waals surface area contributed by atoms with E-state index in [1.807, 2.05) is 62.4 Å². The predicted octanol–water partition coefficient (Wildman–Crippen LogP) is 4.32. The molecule has 3 aliphatic rings. The van der Waals surface area contributed by atoms with Gasteiger partial charge in [-0.05, 0) is 56.4 Å². The van der Waals surface area contributed by atoms with E-state index in [2.05, 4.69) is 34.4 Å². The number of aliphatic hydroxyl groups excluding tert-OH is 1. The summed E-state index contributed by atoms with van der Waals surface area (Å²) < 4.78 is 12.9. The number of nitrogens with zero attached hydrogens (tertiary/aromatic N) is 2. The van der Waals surface area contributed by atoms with Crippen molar-refractivity contribution in [3.8, 4) is 0 Å².